The first-order valence-electron chi connectivity index (χ1n) is 7.83. The molecule has 0 fully saturated rings. The lowest BCUT2D eigenvalue weighted by Crippen LogP contribution is -2.35. The van der Waals surface area contributed by atoms with Crippen LogP contribution in [-0.4, -0.2) is 31.0 Å². The Hall–Kier alpha value is -2.07. The summed E-state index contributed by atoms with van der Waals surface area (Å²) in [5.74, 6) is 0.184. The molecular formula is C19H21ClFNO2. The normalized spacial score (nSPS) is 11.8. The van der Waals surface area contributed by atoms with Crippen LogP contribution < -0.4 is 4.74 Å². The number of hydrogen-bond acceptors (Lipinski definition) is 2. The summed E-state index contributed by atoms with van der Waals surface area (Å²) in [6.45, 7) is 2.70. The van der Waals surface area contributed by atoms with E-state index in [9.17, 15) is 9.18 Å². The average Bonchev–Trinajstić information content (AvgIpc) is 2.54. The van der Waals surface area contributed by atoms with Gasteiger partial charge in [0.25, 0.3) is 0 Å². The van der Waals surface area contributed by atoms with E-state index >= 15 is 0 Å². The molecule has 0 saturated carbocycles. The minimum atomic E-state index is -0.282. The summed E-state index contributed by atoms with van der Waals surface area (Å²) in [5, 5.41) is 0.612. The van der Waals surface area contributed by atoms with Crippen molar-refractivity contribution in [3.63, 3.8) is 0 Å². The molecule has 5 heteroatoms. The van der Waals surface area contributed by atoms with E-state index in [4.69, 9.17) is 16.3 Å². The maximum absolute atomic E-state index is 13.2. The third-order valence-electron chi connectivity index (χ3n) is 3.72. The highest BCUT2D eigenvalue weighted by molar-refractivity contribution is 6.30. The summed E-state index contributed by atoms with van der Waals surface area (Å²) in [6, 6.07) is 13.5. The quantitative estimate of drug-likeness (QED) is 0.750. The minimum Gasteiger partial charge on any atom is -0.492 e. The summed E-state index contributed by atoms with van der Waals surface area (Å²) in [6.07, 6.45) is 0.510. The number of nitrogens with zero attached hydrogens (tertiary/aromatic N) is 1. The first-order chi connectivity index (χ1) is 11.5. The number of rotatable bonds is 7. The molecule has 0 saturated heterocycles. The van der Waals surface area contributed by atoms with Crippen LogP contribution in [0, 0.1) is 11.7 Å². The van der Waals surface area contributed by atoms with Gasteiger partial charge in [-0.25, -0.2) is 4.39 Å². The van der Waals surface area contributed by atoms with Gasteiger partial charge in [0.2, 0.25) is 5.91 Å². The van der Waals surface area contributed by atoms with E-state index in [1.54, 1.807) is 30.1 Å². The van der Waals surface area contributed by atoms with Crippen molar-refractivity contribution in [1.82, 2.24) is 4.90 Å². The molecule has 1 atom stereocenters. The molecule has 2 rings (SSSR count). The van der Waals surface area contributed by atoms with Gasteiger partial charge in [0.05, 0.1) is 6.54 Å². The van der Waals surface area contributed by atoms with Crippen molar-refractivity contribution in [2.75, 3.05) is 20.2 Å². The van der Waals surface area contributed by atoms with Gasteiger partial charge in [-0.1, -0.05) is 36.7 Å². The Balaban J connectivity index is 1.80. The molecule has 0 aliphatic heterocycles. The number of amides is 1. The van der Waals surface area contributed by atoms with Gasteiger partial charge < -0.3 is 9.64 Å². The second-order valence-electron chi connectivity index (χ2n) is 5.80. The Morgan fingerprint density at radius 1 is 1.25 bits per heavy atom. The van der Waals surface area contributed by atoms with Crippen molar-refractivity contribution in [2.24, 2.45) is 5.92 Å². The van der Waals surface area contributed by atoms with Crippen LogP contribution in [0.1, 0.15) is 12.5 Å². The largest absolute Gasteiger partial charge is 0.492 e. The smallest absolute Gasteiger partial charge is 0.225 e. The second kappa shape index (κ2) is 8.69. The van der Waals surface area contributed by atoms with Crippen LogP contribution in [0.2, 0.25) is 5.02 Å². The summed E-state index contributed by atoms with van der Waals surface area (Å²) in [5.41, 5.74) is 0.819. The van der Waals surface area contributed by atoms with Gasteiger partial charge >= 0.3 is 0 Å². The van der Waals surface area contributed by atoms with Crippen LogP contribution in [0.5, 0.6) is 5.75 Å². The van der Waals surface area contributed by atoms with Gasteiger partial charge in [0, 0.05) is 18.0 Å². The highest BCUT2D eigenvalue weighted by atomic mass is 35.5. The van der Waals surface area contributed by atoms with Gasteiger partial charge in [-0.2, -0.15) is 0 Å². The van der Waals surface area contributed by atoms with Crippen LogP contribution in [0.3, 0.4) is 0 Å². The van der Waals surface area contributed by atoms with E-state index in [1.807, 2.05) is 25.1 Å². The molecule has 0 aromatic heterocycles. The van der Waals surface area contributed by atoms with E-state index in [0.717, 1.165) is 5.56 Å². The van der Waals surface area contributed by atoms with E-state index in [-0.39, 0.29) is 17.6 Å². The van der Waals surface area contributed by atoms with Crippen molar-refractivity contribution >= 4 is 17.5 Å². The molecule has 0 N–H and O–H groups in total. The molecule has 0 aliphatic carbocycles. The van der Waals surface area contributed by atoms with Crippen molar-refractivity contribution in [3.05, 3.63) is 64.9 Å². The Bertz CT molecular complexity index is 693. The number of halogens is 2. The minimum absolute atomic E-state index is 0.00829. The van der Waals surface area contributed by atoms with E-state index in [2.05, 4.69) is 0 Å². The molecule has 2 aromatic rings. The Morgan fingerprint density at radius 3 is 2.71 bits per heavy atom. The Labute approximate surface area is 147 Å². The lowest BCUT2D eigenvalue weighted by Gasteiger charge is -2.21. The standard InChI is InChI=1S/C19H21ClFNO2/c1-14(11-15-5-3-7-17(21)12-15)19(23)22(2)9-10-24-18-8-4-6-16(20)13-18/h3-8,12-14H,9-11H2,1-2H3. The fraction of sp³-hybridized carbons (Fsp3) is 0.316. The van der Waals surface area contributed by atoms with Crippen LogP contribution in [0.25, 0.3) is 0 Å². The van der Waals surface area contributed by atoms with E-state index in [0.29, 0.717) is 30.3 Å². The molecule has 0 bridgehead atoms. The first kappa shape index (κ1) is 18.3. The van der Waals surface area contributed by atoms with Crippen LogP contribution in [-0.2, 0) is 11.2 Å². The maximum Gasteiger partial charge on any atom is 0.225 e. The van der Waals surface area contributed by atoms with E-state index in [1.165, 1.54) is 12.1 Å². The van der Waals surface area contributed by atoms with Gasteiger partial charge in [0.1, 0.15) is 18.2 Å². The van der Waals surface area contributed by atoms with Crippen molar-refractivity contribution in [2.45, 2.75) is 13.3 Å². The highest BCUT2D eigenvalue weighted by Crippen LogP contribution is 2.17. The Kier molecular flexibility index (Phi) is 6.62. The van der Waals surface area contributed by atoms with Crippen LogP contribution in [0.15, 0.2) is 48.5 Å². The molecule has 0 radical (unpaired) electrons. The SMILES string of the molecule is CC(Cc1cccc(F)c1)C(=O)N(C)CCOc1cccc(Cl)c1. The van der Waals surface area contributed by atoms with Gasteiger partial charge in [-0.05, 0) is 42.3 Å². The third-order valence-corrected chi connectivity index (χ3v) is 3.96. The van der Waals surface area contributed by atoms with Gasteiger partial charge in [-0.3, -0.25) is 4.79 Å². The van der Waals surface area contributed by atoms with Crippen molar-refractivity contribution in [1.29, 1.82) is 0 Å². The van der Waals surface area contributed by atoms with Crippen LogP contribution in [0.4, 0.5) is 4.39 Å². The number of likely N-dealkylation sites (N-methyl/N-ethyl adjacent to an activating group) is 1. The van der Waals surface area contributed by atoms with Crippen LogP contribution >= 0.6 is 11.6 Å². The molecule has 1 unspecified atom stereocenters. The second-order valence-corrected chi connectivity index (χ2v) is 6.24. The summed E-state index contributed by atoms with van der Waals surface area (Å²) in [7, 11) is 1.74. The Morgan fingerprint density at radius 2 is 2.00 bits per heavy atom. The molecule has 0 aliphatic rings. The fourth-order valence-electron chi connectivity index (χ4n) is 2.45. The number of carbonyl (C=O) groups excluding carboxylic acids is 1. The number of carbonyl (C=O) groups is 1. The van der Waals surface area contributed by atoms with Crippen molar-refractivity contribution in [3.8, 4) is 5.75 Å². The summed E-state index contributed by atoms with van der Waals surface area (Å²) >= 11 is 5.90. The first-order valence-corrected chi connectivity index (χ1v) is 8.21. The number of ether oxygens (including phenoxy) is 1. The fourth-order valence-corrected chi connectivity index (χ4v) is 2.63. The molecule has 3 nitrogen and oxygen atoms in total. The molecule has 0 heterocycles. The van der Waals surface area contributed by atoms with E-state index < -0.39 is 0 Å². The molecule has 128 valence electrons. The summed E-state index contributed by atoms with van der Waals surface area (Å²) < 4.78 is 18.8. The third kappa shape index (κ3) is 5.53. The lowest BCUT2D eigenvalue weighted by molar-refractivity contribution is -0.133. The highest BCUT2D eigenvalue weighted by Gasteiger charge is 2.18. The zero-order valence-corrected chi connectivity index (χ0v) is 14.6. The predicted octanol–water partition coefficient (Wildman–Crippen LogP) is 4.20. The zero-order valence-electron chi connectivity index (χ0n) is 13.8. The number of hydrogen-bond donors (Lipinski definition) is 0. The molecule has 0 spiro atoms. The zero-order chi connectivity index (χ0) is 17.5. The molecule has 1 amide bonds. The maximum atomic E-state index is 13.2. The van der Waals surface area contributed by atoms with Gasteiger partial charge in [-0.15, -0.1) is 0 Å². The topological polar surface area (TPSA) is 29.5 Å². The predicted molar refractivity (Wildman–Crippen MR) is 93.9 cm³/mol. The lowest BCUT2D eigenvalue weighted by atomic mass is 10.00. The molecule has 24 heavy (non-hydrogen) atoms. The molecule has 2 aromatic carbocycles. The van der Waals surface area contributed by atoms with Crippen molar-refractivity contribution < 1.29 is 13.9 Å². The van der Waals surface area contributed by atoms with Gasteiger partial charge in [0.15, 0.2) is 0 Å². The molecular weight excluding hydrogens is 329 g/mol. The monoisotopic (exact) mass is 349 g/mol. The number of benzene rings is 2. The summed E-state index contributed by atoms with van der Waals surface area (Å²) in [4.78, 5) is 14.0. The average molecular weight is 350 g/mol.